The fraction of sp³-hybridized carbons (Fsp3) is 0.846. The highest BCUT2D eigenvalue weighted by Crippen LogP contribution is 2.28. The van der Waals surface area contributed by atoms with Gasteiger partial charge in [-0.15, -0.1) is 5.10 Å². The van der Waals surface area contributed by atoms with Crippen LogP contribution in [0.5, 0.6) is 0 Å². The highest BCUT2D eigenvalue weighted by molar-refractivity contribution is 5.33. The molecular weight excluding hydrogens is 242 g/mol. The van der Waals surface area contributed by atoms with Crippen molar-refractivity contribution in [2.75, 3.05) is 37.7 Å². The smallest absolute Gasteiger partial charge is 0.245 e. The van der Waals surface area contributed by atoms with Crippen molar-refractivity contribution >= 4 is 5.95 Å². The molecule has 2 fully saturated rings. The van der Waals surface area contributed by atoms with E-state index in [1.54, 1.807) is 0 Å². The molecule has 2 unspecified atom stereocenters. The topological polar surface area (TPSA) is 66.1 Å². The van der Waals surface area contributed by atoms with Gasteiger partial charge in [-0.3, -0.25) is 5.10 Å². The number of piperidine rings is 1. The number of ether oxygens (including phenoxy) is 1. The quantitative estimate of drug-likeness (QED) is 0.762. The zero-order valence-electron chi connectivity index (χ0n) is 11.6. The SMILES string of the molecule is CCOCCc1nc(N2CCCC3CNCC32)n[nH]1. The van der Waals surface area contributed by atoms with Crippen molar-refractivity contribution in [3.63, 3.8) is 0 Å². The van der Waals surface area contributed by atoms with Crippen LogP contribution in [0, 0.1) is 5.92 Å². The van der Waals surface area contributed by atoms with E-state index < -0.39 is 0 Å². The molecule has 3 rings (SSSR count). The molecule has 0 radical (unpaired) electrons. The molecule has 2 saturated heterocycles. The maximum atomic E-state index is 5.35. The second kappa shape index (κ2) is 5.88. The minimum Gasteiger partial charge on any atom is -0.381 e. The molecule has 1 aromatic heterocycles. The molecule has 2 atom stereocenters. The van der Waals surface area contributed by atoms with Gasteiger partial charge in [-0.05, 0) is 25.7 Å². The summed E-state index contributed by atoms with van der Waals surface area (Å²) in [4.78, 5) is 6.99. The minimum atomic E-state index is 0.573. The zero-order chi connectivity index (χ0) is 13.1. The summed E-state index contributed by atoms with van der Waals surface area (Å²) in [6.45, 7) is 6.75. The first-order valence-electron chi connectivity index (χ1n) is 7.35. The van der Waals surface area contributed by atoms with Crippen molar-refractivity contribution in [2.24, 2.45) is 5.92 Å². The molecule has 6 heteroatoms. The number of rotatable bonds is 5. The average Bonchev–Trinajstić information content (AvgIpc) is 3.07. The van der Waals surface area contributed by atoms with Crippen LogP contribution in [0.2, 0.25) is 0 Å². The van der Waals surface area contributed by atoms with E-state index in [0.29, 0.717) is 12.6 Å². The van der Waals surface area contributed by atoms with Gasteiger partial charge in [0.2, 0.25) is 5.95 Å². The first-order valence-corrected chi connectivity index (χ1v) is 7.35. The summed E-state index contributed by atoms with van der Waals surface area (Å²) in [6, 6.07) is 0.573. The monoisotopic (exact) mass is 265 g/mol. The Morgan fingerprint density at radius 2 is 2.37 bits per heavy atom. The standard InChI is InChI=1S/C13H23N5O/c1-2-19-7-5-12-15-13(17-16-12)18-6-3-4-10-8-14-9-11(10)18/h10-11,14H,2-9H2,1H3,(H,15,16,17). The van der Waals surface area contributed by atoms with E-state index in [9.17, 15) is 0 Å². The lowest BCUT2D eigenvalue weighted by atomic mass is 9.92. The largest absolute Gasteiger partial charge is 0.381 e. The van der Waals surface area contributed by atoms with Gasteiger partial charge in [0.1, 0.15) is 5.82 Å². The number of anilines is 1. The van der Waals surface area contributed by atoms with Gasteiger partial charge < -0.3 is 15.0 Å². The van der Waals surface area contributed by atoms with Gasteiger partial charge >= 0.3 is 0 Å². The van der Waals surface area contributed by atoms with Crippen LogP contribution in [0.4, 0.5) is 5.95 Å². The van der Waals surface area contributed by atoms with Crippen LogP contribution < -0.4 is 10.2 Å². The van der Waals surface area contributed by atoms with Gasteiger partial charge in [0.25, 0.3) is 0 Å². The number of fused-ring (bicyclic) bond motifs is 1. The van der Waals surface area contributed by atoms with Gasteiger partial charge in [0.15, 0.2) is 0 Å². The molecule has 0 aromatic carbocycles. The number of hydrogen-bond acceptors (Lipinski definition) is 5. The average molecular weight is 265 g/mol. The second-order valence-electron chi connectivity index (χ2n) is 5.35. The Morgan fingerprint density at radius 1 is 1.42 bits per heavy atom. The molecule has 0 aliphatic carbocycles. The van der Waals surface area contributed by atoms with Gasteiger partial charge in [0, 0.05) is 38.7 Å². The van der Waals surface area contributed by atoms with E-state index in [1.807, 2.05) is 6.92 Å². The first kappa shape index (κ1) is 12.9. The van der Waals surface area contributed by atoms with Gasteiger partial charge in [-0.25, -0.2) is 0 Å². The molecule has 2 aliphatic heterocycles. The second-order valence-corrected chi connectivity index (χ2v) is 5.35. The fourth-order valence-electron chi connectivity index (χ4n) is 3.16. The molecule has 3 heterocycles. The van der Waals surface area contributed by atoms with Gasteiger partial charge in [-0.1, -0.05) is 0 Å². The predicted octanol–water partition coefficient (Wildman–Crippen LogP) is 0.572. The Bertz CT molecular complexity index is 407. The third kappa shape index (κ3) is 2.74. The molecule has 1 aromatic rings. The number of aromatic nitrogens is 3. The highest BCUT2D eigenvalue weighted by atomic mass is 16.5. The van der Waals surface area contributed by atoms with Crippen LogP contribution in [0.1, 0.15) is 25.6 Å². The van der Waals surface area contributed by atoms with Gasteiger partial charge in [0.05, 0.1) is 6.61 Å². The Labute approximate surface area is 113 Å². The lowest BCUT2D eigenvalue weighted by Crippen LogP contribution is -2.45. The normalized spacial score (nSPS) is 26.7. The van der Waals surface area contributed by atoms with Crippen LogP contribution in [-0.2, 0) is 11.2 Å². The fourth-order valence-corrected chi connectivity index (χ4v) is 3.16. The molecule has 2 aliphatic rings. The first-order chi connectivity index (χ1) is 9.38. The highest BCUT2D eigenvalue weighted by Gasteiger charge is 2.36. The Hall–Kier alpha value is -1.14. The molecule has 2 N–H and O–H groups in total. The number of aromatic amines is 1. The van der Waals surface area contributed by atoms with Crippen molar-refractivity contribution in [1.82, 2.24) is 20.5 Å². The summed E-state index contributed by atoms with van der Waals surface area (Å²) in [5.74, 6) is 2.56. The molecule has 0 saturated carbocycles. The van der Waals surface area contributed by atoms with E-state index in [0.717, 1.165) is 50.4 Å². The summed E-state index contributed by atoms with van der Waals surface area (Å²) in [5, 5.41) is 10.9. The van der Waals surface area contributed by atoms with Crippen LogP contribution in [0.25, 0.3) is 0 Å². The van der Waals surface area contributed by atoms with E-state index >= 15 is 0 Å². The van der Waals surface area contributed by atoms with E-state index in [2.05, 4.69) is 25.4 Å². The molecule has 106 valence electrons. The summed E-state index contributed by atoms with van der Waals surface area (Å²) in [5.41, 5.74) is 0. The third-order valence-electron chi connectivity index (χ3n) is 4.14. The maximum Gasteiger partial charge on any atom is 0.245 e. The van der Waals surface area contributed by atoms with Crippen molar-refractivity contribution < 1.29 is 4.74 Å². The number of H-pyrrole nitrogens is 1. The van der Waals surface area contributed by atoms with Crippen molar-refractivity contribution in [2.45, 2.75) is 32.2 Å². The summed E-state index contributed by atoms with van der Waals surface area (Å²) >= 11 is 0. The summed E-state index contributed by atoms with van der Waals surface area (Å²) in [6.07, 6.45) is 3.38. The zero-order valence-corrected chi connectivity index (χ0v) is 11.6. The van der Waals surface area contributed by atoms with Crippen LogP contribution >= 0.6 is 0 Å². The summed E-state index contributed by atoms with van der Waals surface area (Å²) < 4.78 is 5.35. The van der Waals surface area contributed by atoms with E-state index in [4.69, 9.17) is 4.74 Å². The van der Waals surface area contributed by atoms with Crippen LogP contribution in [0.15, 0.2) is 0 Å². The summed E-state index contributed by atoms with van der Waals surface area (Å²) in [7, 11) is 0. The molecule has 19 heavy (non-hydrogen) atoms. The van der Waals surface area contributed by atoms with Crippen molar-refractivity contribution in [3.8, 4) is 0 Å². The molecule has 0 amide bonds. The Balaban J connectivity index is 1.64. The molecule has 0 spiro atoms. The number of nitrogens with one attached hydrogen (secondary N) is 2. The lowest BCUT2D eigenvalue weighted by Gasteiger charge is -2.36. The maximum absolute atomic E-state index is 5.35. The van der Waals surface area contributed by atoms with Crippen molar-refractivity contribution in [3.05, 3.63) is 5.82 Å². The lowest BCUT2D eigenvalue weighted by molar-refractivity contribution is 0.149. The molecule has 0 bridgehead atoms. The van der Waals surface area contributed by atoms with Crippen LogP contribution in [0.3, 0.4) is 0 Å². The van der Waals surface area contributed by atoms with Crippen molar-refractivity contribution in [1.29, 1.82) is 0 Å². The van der Waals surface area contributed by atoms with Gasteiger partial charge in [-0.2, -0.15) is 4.98 Å². The Kier molecular flexibility index (Phi) is 3.98. The van der Waals surface area contributed by atoms with E-state index in [-0.39, 0.29) is 0 Å². The molecule has 6 nitrogen and oxygen atoms in total. The molecular formula is C13H23N5O. The predicted molar refractivity (Wildman–Crippen MR) is 73.3 cm³/mol. The van der Waals surface area contributed by atoms with Crippen LogP contribution in [-0.4, -0.2) is 54.1 Å². The van der Waals surface area contributed by atoms with E-state index in [1.165, 1.54) is 12.8 Å². The number of nitrogens with zero attached hydrogens (tertiary/aromatic N) is 3. The minimum absolute atomic E-state index is 0.573. The third-order valence-corrected chi connectivity index (χ3v) is 4.14. The number of hydrogen-bond donors (Lipinski definition) is 2. The Morgan fingerprint density at radius 3 is 3.26 bits per heavy atom.